The molecule has 1 atom stereocenters. The summed E-state index contributed by atoms with van der Waals surface area (Å²) in [6.07, 6.45) is 4.37. The molecule has 7 nitrogen and oxygen atoms in total. The molecule has 5 rings (SSSR count). The Hall–Kier alpha value is -1.94. The second kappa shape index (κ2) is 9.84. The summed E-state index contributed by atoms with van der Waals surface area (Å²) in [6.45, 7) is 5.69. The summed E-state index contributed by atoms with van der Waals surface area (Å²) in [7, 11) is -0.959. The minimum absolute atomic E-state index is 0.149. The van der Waals surface area contributed by atoms with Gasteiger partial charge in [0, 0.05) is 43.5 Å². The van der Waals surface area contributed by atoms with E-state index < -0.39 is 15.9 Å². The highest BCUT2D eigenvalue weighted by Gasteiger charge is 2.36. The molecule has 0 radical (unpaired) electrons. The van der Waals surface area contributed by atoms with E-state index in [-0.39, 0.29) is 11.7 Å². The number of carbonyl (C=O) groups excluding carboxylic acids is 1. The lowest BCUT2D eigenvalue weighted by Gasteiger charge is -2.34. The highest BCUT2D eigenvalue weighted by atomic mass is 32.2. The minimum Gasteiger partial charge on any atom is -0.384 e. The fourth-order valence-corrected chi connectivity index (χ4v) is 7.79. The van der Waals surface area contributed by atoms with E-state index in [2.05, 4.69) is 34.8 Å². The number of hydrogen-bond acceptors (Lipinski definition) is 6. The van der Waals surface area contributed by atoms with Crippen molar-refractivity contribution in [2.45, 2.75) is 45.1 Å². The number of nitrogens with one attached hydrogen (secondary N) is 1. The number of fused-ring (bicyclic) bond motifs is 1. The average Bonchev–Trinajstić information content (AvgIpc) is 3.35. The Morgan fingerprint density at radius 2 is 1.91 bits per heavy atom. The number of rotatable bonds is 9. The molecule has 9 heteroatoms. The second-order valence-corrected chi connectivity index (χ2v) is 13.7. The topological polar surface area (TPSA) is 95.7 Å². The molecular formula is C26H36N4O3S2. The van der Waals surface area contributed by atoms with Gasteiger partial charge in [-0.05, 0) is 91.8 Å². The van der Waals surface area contributed by atoms with E-state index in [1.807, 2.05) is 6.07 Å². The molecule has 1 saturated carbocycles. The highest BCUT2D eigenvalue weighted by molar-refractivity contribution is 7.89. The molecule has 1 unspecified atom stereocenters. The Morgan fingerprint density at radius 3 is 2.57 bits per heavy atom. The number of hydrogen-bond donors (Lipinski definition) is 2. The minimum atomic E-state index is -3.15. The summed E-state index contributed by atoms with van der Waals surface area (Å²) < 4.78 is 26.2. The number of piperidine rings is 1. The van der Waals surface area contributed by atoms with Crippen molar-refractivity contribution in [2.75, 3.05) is 44.3 Å². The number of nitrogens with zero attached hydrogens (tertiary/aromatic N) is 2. The van der Waals surface area contributed by atoms with Crippen LogP contribution in [0.1, 0.15) is 59.3 Å². The predicted octanol–water partition coefficient (Wildman–Crippen LogP) is 3.93. The van der Waals surface area contributed by atoms with Crippen molar-refractivity contribution in [1.29, 1.82) is 0 Å². The fraction of sp³-hybridized carbons (Fsp3) is 0.577. The number of amides is 1. The summed E-state index contributed by atoms with van der Waals surface area (Å²) in [6, 6.07) is 6.39. The maximum Gasteiger partial charge on any atom is 0.250 e. The van der Waals surface area contributed by atoms with Crippen molar-refractivity contribution in [2.24, 2.45) is 17.6 Å². The zero-order valence-electron chi connectivity index (χ0n) is 20.6. The lowest BCUT2D eigenvalue weighted by atomic mass is 9.80. The Labute approximate surface area is 212 Å². The van der Waals surface area contributed by atoms with Gasteiger partial charge in [0.25, 0.3) is 5.91 Å². The van der Waals surface area contributed by atoms with E-state index in [9.17, 15) is 13.2 Å². The number of nitrogens with two attached hydrogens (primary N) is 1. The molecule has 3 N–H and O–H groups in total. The van der Waals surface area contributed by atoms with Gasteiger partial charge in [-0.15, -0.1) is 11.3 Å². The van der Waals surface area contributed by atoms with E-state index in [1.165, 1.54) is 17.7 Å². The van der Waals surface area contributed by atoms with Crippen LogP contribution in [0.3, 0.4) is 0 Å². The van der Waals surface area contributed by atoms with Crippen molar-refractivity contribution in [3.8, 4) is 11.1 Å². The van der Waals surface area contributed by atoms with Gasteiger partial charge in [0.1, 0.15) is 0 Å². The van der Waals surface area contributed by atoms with Crippen molar-refractivity contribution in [1.82, 2.24) is 9.21 Å². The van der Waals surface area contributed by atoms with E-state index in [1.54, 1.807) is 22.6 Å². The number of thiophene rings is 1. The Morgan fingerprint density at radius 1 is 1.17 bits per heavy atom. The van der Waals surface area contributed by atoms with Crippen LogP contribution in [0.4, 0.5) is 5.69 Å². The Kier molecular flexibility index (Phi) is 6.96. The molecule has 190 valence electrons. The predicted molar refractivity (Wildman–Crippen MR) is 142 cm³/mol. The van der Waals surface area contributed by atoms with Gasteiger partial charge >= 0.3 is 0 Å². The molecule has 1 amide bonds. The molecule has 0 spiro atoms. The molecule has 3 aliphatic rings. The van der Waals surface area contributed by atoms with Crippen LogP contribution >= 0.6 is 11.3 Å². The van der Waals surface area contributed by atoms with E-state index >= 15 is 0 Å². The highest BCUT2D eigenvalue weighted by Crippen LogP contribution is 2.44. The van der Waals surface area contributed by atoms with Crippen LogP contribution in [-0.2, 0) is 16.6 Å². The van der Waals surface area contributed by atoms with Gasteiger partial charge in [0.2, 0.25) is 10.0 Å². The van der Waals surface area contributed by atoms with E-state index in [0.717, 1.165) is 60.8 Å². The normalized spacial score (nSPS) is 21.3. The molecule has 2 fully saturated rings. The SMILES string of the molecule is CCS(=O)(=O)N1CCC(C2CNc3c(C(N)=O)cc(-c4csc(CN(C)CC5CC5)c4)cc32)CC1. The van der Waals surface area contributed by atoms with Gasteiger partial charge in [0.05, 0.1) is 17.0 Å². The largest absolute Gasteiger partial charge is 0.384 e. The summed E-state index contributed by atoms with van der Waals surface area (Å²) in [5.41, 5.74) is 10.5. The van der Waals surface area contributed by atoms with Crippen LogP contribution in [0.15, 0.2) is 23.6 Å². The molecular weight excluding hydrogens is 480 g/mol. The Bertz CT molecular complexity index is 1200. The smallest absolute Gasteiger partial charge is 0.250 e. The number of primary amides is 1. The van der Waals surface area contributed by atoms with E-state index in [0.29, 0.717) is 24.6 Å². The van der Waals surface area contributed by atoms with Gasteiger partial charge in [-0.3, -0.25) is 4.79 Å². The number of carbonyl (C=O) groups is 1. The lowest BCUT2D eigenvalue weighted by molar-refractivity contribution is 0.100. The number of anilines is 1. The first-order valence-electron chi connectivity index (χ1n) is 12.7. The van der Waals surface area contributed by atoms with Crippen molar-refractivity contribution < 1.29 is 13.2 Å². The first kappa shape index (κ1) is 24.7. The van der Waals surface area contributed by atoms with Crippen LogP contribution in [0.2, 0.25) is 0 Å². The average molecular weight is 517 g/mol. The third-order valence-electron chi connectivity index (χ3n) is 7.84. The molecule has 1 aliphatic carbocycles. The maximum atomic E-state index is 12.4. The molecule has 3 heterocycles. The fourth-order valence-electron chi connectivity index (χ4n) is 5.68. The monoisotopic (exact) mass is 516 g/mol. The molecule has 2 aliphatic heterocycles. The molecule has 0 bridgehead atoms. The van der Waals surface area contributed by atoms with Gasteiger partial charge in [-0.1, -0.05) is 0 Å². The summed E-state index contributed by atoms with van der Waals surface area (Å²) in [5, 5.41) is 5.63. The van der Waals surface area contributed by atoms with Crippen molar-refractivity contribution in [3.05, 3.63) is 39.6 Å². The zero-order chi connectivity index (χ0) is 24.7. The van der Waals surface area contributed by atoms with E-state index in [4.69, 9.17) is 5.73 Å². The van der Waals surface area contributed by atoms with Gasteiger partial charge in [-0.25, -0.2) is 12.7 Å². The molecule has 35 heavy (non-hydrogen) atoms. The summed E-state index contributed by atoms with van der Waals surface area (Å²) in [5.74, 6) is 1.22. The first-order valence-corrected chi connectivity index (χ1v) is 15.2. The van der Waals surface area contributed by atoms with Crippen LogP contribution in [-0.4, -0.2) is 62.5 Å². The summed E-state index contributed by atoms with van der Waals surface area (Å²) >= 11 is 1.77. The second-order valence-electron chi connectivity index (χ2n) is 10.4. The lowest BCUT2D eigenvalue weighted by Crippen LogP contribution is -2.40. The molecule has 2 aromatic rings. The number of benzene rings is 1. The van der Waals surface area contributed by atoms with Gasteiger partial charge < -0.3 is 16.0 Å². The third-order valence-corrected chi connectivity index (χ3v) is 10.6. The molecule has 1 aromatic carbocycles. The maximum absolute atomic E-state index is 12.4. The Balaban J connectivity index is 1.37. The van der Waals surface area contributed by atoms with Gasteiger partial charge in [-0.2, -0.15) is 0 Å². The van der Waals surface area contributed by atoms with Crippen LogP contribution < -0.4 is 11.1 Å². The quantitative estimate of drug-likeness (QED) is 0.527. The molecule has 1 saturated heterocycles. The van der Waals surface area contributed by atoms with Crippen molar-refractivity contribution >= 4 is 33.0 Å². The third kappa shape index (κ3) is 5.28. The standard InChI is InChI=1S/C26H36N4O3S2/c1-3-35(32,33)30-8-6-18(7-9-30)24-13-28-25-22(24)11-19(12-23(25)26(27)31)20-10-21(34-16-20)15-29(2)14-17-4-5-17/h10-12,16-18,24,28H,3-9,13-15H2,1-2H3,(H2,27,31). The number of sulfonamides is 1. The first-order chi connectivity index (χ1) is 16.7. The molecule has 1 aromatic heterocycles. The van der Waals surface area contributed by atoms with Gasteiger partial charge in [0.15, 0.2) is 0 Å². The summed E-state index contributed by atoms with van der Waals surface area (Å²) in [4.78, 5) is 16.1. The van der Waals surface area contributed by atoms with Crippen molar-refractivity contribution in [3.63, 3.8) is 0 Å². The van der Waals surface area contributed by atoms with Crippen LogP contribution in [0.25, 0.3) is 11.1 Å². The van der Waals surface area contributed by atoms with Crippen LogP contribution in [0, 0.1) is 11.8 Å². The van der Waals surface area contributed by atoms with Crippen LogP contribution in [0.5, 0.6) is 0 Å². The zero-order valence-corrected chi connectivity index (χ0v) is 22.3.